The van der Waals surface area contributed by atoms with E-state index in [-0.39, 0.29) is 0 Å². The molecule has 3 rings (SSSR count). The number of esters is 2. The van der Waals surface area contributed by atoms with Gasteiger partial charge in [0.2, 0.25) is 0 Å². The van der Waals surface area contributed by atoms with Crippen LogP contribution in [0.25, 0.3) is 10.8 Å². The van der Waals surface area contributed by atoms with Gasteiger partial charge in [0.1, 0.15) is 0 Å². The molecule has 3 nitrogen and oxygen atoms in total. The summed E-state index contributed by atoms with van der Waals surface area (Å²) in [7, 11) is 0. The summed E-state index contributed by atoms with van der Waals surface area (Å²) in [5.41, 5.74) is 2.68. The average molecular weight is 226 g/mol. The standard InChI is InChI=1S/C14H10O3/c1-7-8(2)11-12(14(16)17-13(11)15)10-6-4-3-5-9(7)10/h3-6H,1-2H3. The molecule has 3 heteroatoms. The third kappa shape index (κ3) is 1.16. The van der Waals surface area contributed by atoms with Gasteiger partial charge in [-0.15, -0.1) is 0 Å². The maximum absolute atomic E-state index is 11.7. The van der Waals surface area contributed by atoms with Gasteiger partial charge in [-0.25, -0.2) is 9.59 Å². The minimum Gasteiger partial charge on any atom is -0.386 e. The summed E-state index contributed by atoms with van der Waals surface area (Å²) in [4.78, 5) is 23.4. The zero-order valence-corrected chi connectivity index (χ0v) is 9.53. The molecule has 2 aromatic rings. The molecule has 1 aliphatic rings. The summed E-state index contributed by atoms with van der Waals surface area (Å²) in [6, 6.07) is 7.57. The van der Waals surface area contributed by atoms with Crippen LogP contribution in [0, 0.1) is 13.8 Å². The second-order valence-corrected chi connectivity index (χ2v) is 4.22. The number of ether oxygens (including phenoxy) is 1. The Balaban J connectivity index is 2.59. The summed E-state index contributed by atoms with van der Waals surface area (Å²) < 4.78 is 4.70. The maximum atomic E-state index is 11.7. The van der Waals surface area contributed by atoms with Gasteiger partial charge in [0, 0.05) is 0 Å². The van der Waals surface area contributed by atoms with Crippen molar-refractivity contribution >= 4 is 22.7 Å². The number of aryl methyl sites for hydroxylation is 1. The van der Waals surface area contributed by atoms with Crippen LogP contribution < -0.4 is 0 Å². The molecule has 0 bridgehead atoms. The molecule has 0 aliphatic carbocycles. The van der Waals surface area contributed by atoms with Gasteiger partial charge < -0.3 is 4.74 Å². The van der Waals surface area contributed by atoms with Gasteiger partial charge in [0.25, 0.3) is 0 Å². The molecule has 0 N–H and O–H groups in total. The highest BCUT2D eigenvalue weighted by Crippen LogP contribution is 2.34. The fourth-order valence-corrected chi connectivity index (χ4v) is 2.39. The maximum Gasteiger partial charge on any atom is 0.347 e. The molecule has 2 aromatic carbocycles. The predicted octanol–water partition coefficient (Wildman–Crippen LogP) is 2.77. The Bertz CT molecular complexity index is 683. The number of fused-ring (bicyclic) bond motifs is 3. The van der Waals surface area contributed by atoms with Gasteiger partial charge in [0.05, 0.1) is 11.1 Å². The SMILES string of the molecule is Cc1c2c(c3ccccc3c1C)C(=O)OC2=O. The minimum atomic E-state index is -0.538. The second-order valence-electron chi connectivity index (χ2n) is 4.22. The fraction of sp³-hybridized carbons (Fsp3) is 0.143. The lowest BCUT2D eigenvalue weighted by Gasteiger charge is -2.09. The molecule has 0 aromatic heterocycles. The molecule has 17 heavy (non-hydrogen) atoms. The lowest BCUT2D eigenvalue weighted by Crippen LogP contribution is -2.00. The zero-order chi connectivity index (χ0) is 12.2. The number of rotatable bonds is 0. The Morgan fingerprint density at radius 3 is 2.12 bits per heavy atom. The van der Waals surface area contributed by atoms with Gasteiger partial charge in [-0.1, -0.05) is 24.3 Å². The van der Waals surface area contributed by atoms with Crippen LogP contribution in [0.5, 0.6) is 0 Å². The second kappa shape index (κ2) is 3.17. The summed E-state index contributed by atoms with van der Waals surface area (Å²) in [5, 5.41) is 1.79. The average Bonchev–Trinajstić information content (AvgIpc) is 2.62. The van der Waals surface area contributed by atoms with Crippen LogP contribution in [0.2, 0.25) is 0 Å². The number of hydrogen-bond acceptors (Lipinski definition) is 3. The third-order valence-electron chi connectivity index (χ3n) is 3.38. The molecule has 0 saturated heterocycles. The molecular weight excluding hydrogens is 216 g/mol. The largest absolute Gasteiger partial charge is 0.386 e. The molecule has 0 saturated carbocycles. The molecule has 1 aliphatic heterocycles. The first-order valence-electron chi connectivity index (χ1n) is 5.39. The van der Waals surface area contributed by atoms with Crippen molar-refractivity contribution in [2.24, 2.45) is 0 Å². The Morgan fingerprint density at radius 2 is 1.41 bits per heavy atom. The van der Waals surface area contributed by atoms with E-state index in [9.17, 15) is 9.59 Å². The lowest BCUT2D eigenvalue weighted by atomic mass is 9.91. The van der Waals surface area contributed by atoms with Crippen molar-refractivity contribution in [1.29, 1.82) is 0 Å². The Labute approximate surface area is 98.0 Å². The molecule has 0 radical (unpaired) electrons. The molecule has 0 fully saturated rings. The molecule has 0 atom stereocenters. The van der Waals surface area contributed by atoms with Crippen LogP contribution in [0.3, 0.4) is 0 Å². The third-order valence-corrected chi connectivity index (χ3v) is 3.38. The predicted molar refractivity (Wildman–Crippen MR) is 63.2 cm³/mol. The number of carbonyl (C=O) groups is 2. The molecular formula is C14H10O3. The normalized spacial score (nSPS) is 14.0. The van der Waals surface area contributed by atoms with E-state index in [1.54, 1.807) is 0 Å². The summed E-state index contributed by atoms with van der Waals surface area (Å²) in [6.07, 6.45) is 0. The molecule has 1 heterocycles. The molecule has 0 spiro atoms. The molecule has 84 valence electrons. The number of carbonyl (C=O) groups excluding carboxylic acids is 2. The monoisotopic (exact) mass is 226 g/mol. The number of cyclic esters (lactones) is 2. The number of benzene rings is 2. The topological polar surface area (TPSA) is 43.4 Å². The van der Waals surface area contributed by atoms with Crippen molar-refractivity contribution in [2.45, 2.75) is 13.8 Å². The highest BCUT2D eigenvalue weighted by Gasteiger charge is 2.34. The molecule has 0 unspecified atom stereocenters. The van der Waals surface area contributed by atoms with Gasteiger partial charge >= 0.3 is 11.9 Å². The van der Waals surface area contributed by atoms with Crippen molar-refractivity contribution in [3.8, 4) is 0 Å². The van der Waals surface area contributed by atoms with Crippen molar-refractivity contribution in [1.82, 2.24) is 0 Å². The first-order valence-corrected chi connectivity index (χ1v) is 5.39. The Kier molecular flexibility index (Phi) is 1.87. The summed E-state index contributed by atoms with van der Waals surface area (Å²) in [6.45, 7) is 3.80. The zero-order valence-electron chi connectivity index (χ0n) is 9.53. The van der Waals surface area contributed by atoms with E-state index in [1.165, 1.54) is 0 Å². The minimum absolute atomic E-state index is 0.411. The lowest BCUT2D eigenvalue weighted by molar-refractivity contribution is 0.0444. The van der Waals surface area contributed by atoms with E-state index >= 15 is 0 Å². The van der Waals surface area contributed by atoms with E-state index < -0.39 is 11.9 Å². The van der Waals surface area contributed by atoms with E-state index in [4.69, 9.17) is 4.74 Å². The highest BCUT2D eigenvalue weighted by molar-refractivity contribution is 6.22. The summed E-state index contributed by atoms with van der Waals surface area (Å²) >= 11 is 0. The van der Waals surface area contributed by atoms with Crippen LogP contribution in [0.15, 0.2) is 24.3 Å². The van der Waals surface area contributed by atoms with E-state index in [1.807, 2.05) is 38.1 Å². The number of hydrogen-bond donors (Lipinski definition) is 0. The smallest absolute Gasteiger partial charge is 0.347 e. The van der Waals surface area contributed by atoms with Gasteiger partial charge in [-0.2, -0.15) is 0 Å². The van der Waals surface area contributed by atoms with Crippen molar-refractivity contribution in [3.05, 3.63) is 46.5 Å². The Hall–Kier alpha value is -2.16. The molecule has 0 amide bonds. The highest BCUT2D eigenvalue weighted by atomic mass is 16.6. The van der Waals surface area contributed by atoms with E-state index in [0.29, 0.717) is 11.1 Å². The van der Waals surface area contributed by atoms with Crippen LogP contribution in [-0.2, 0) is 4.74 Å². The van der Waals surface area contributed by atoms with Crippen molar-refractivity contribution < 1.29 is 14.3 Å². The quantitative estimate of drug-likeness (QED) is 0.512. The van der Waals surface area contributed by atoms with Crippen LogP contribution in [0.4, 0.5) is 0 Å². The van der Waals surface area contributed by atoms with Gasteiger partial charge in [-0.3, -0.25) is 0 Å². The summed E-state index contributed by atoms with van der Waals surface area (Å²) in [5.74, 6) is -1.07. The van der Waals surface area contributed by atoms with E-state index in [0.717, 1.165) is 21.9 Å². The van der Waals surface area contributed by atoms with Crippen molar-refractivity contribution in [3.63, 3.8) is 0 Å². The van der Waals surface area contributed by atoms with Crippen molar-refractivity contribution in [2.75, 3.05) is 0 Å². The Morgan fingerprint density at radius 1 is 0.824 bits per heavy atom. The van der Waals surface area contributed by atoms with Gasteiger partial charge in [0.15, 0.2) is 0 Å². The first kappa shape index (κ1) is 10.0. The fourth-order valence-electron chi connectivity index (χ4n) is 2.39. The first-order chi connectivity index (χ1) is 8.11. The van der Waals surface area contributed by atoms with Crippen LogP contribution in [0.1, 0.15) is 31.8 Å². The van der Waals surface area contributed by atoms with Gasteiger partial charge in [-0.05, 0) is 35.7 Å². The van der Waals surface area contributed by atoms with Crippen LogP contribution in [-0.4, -0.2) is 11.9 Å². The van der Waals surface area contributed by atoms with Crippen LogP contribution >= 0.6 is 0 Å². The van der Waals surface area contributed by atoms with E-state index in [2.05, 4.69) is 0 Å².